The van der Waals surface area contributed by atoms with E-state index in [2.05, 4.69) is 22.1 Å². The van der Waals surface area contributed by atoms with Gasteiger partial charge in [0.05, 0.1) is 17.6 Å². The summed E-state index contributed by atoms with van der Waals surface area (Å²) in [6, 6.07) is 1.60. The molecule has 0 spiro atoms. The Labute approximate surface area is 116 Å². The van der Waals surface area contributed by atoms with E-state index in [4.69, 9.17) is 5.73 Å². The minimum atomic E-state index is -4.45. The third kappa shape index (κ3) is 3.75. The highest BCUT2D eigenvalue weighted by Crippen LogP contribution is 2.31. The van der Waals surface area contributed by atoms with Crippen LogP contribution in [-0.4, -0.2) is 35.6 Å². The van der Waals surface area contributed by atoms with Crippen molar-refractivity contribution in [2.45, 2.75) is 32.0 Å². The van der Waals surface area contributed by atoms with Crippen molar-refractivity contribution in [1.82, 2.24) is 9.88 Å². The number of nitrogen functional groups attached to an aromatic ring is 1. The molecule has 0 bridgehead atoms. The van der Waals surface area contributed by atoms with E-state index < -0.39 is 11.9 Å². The van der Waals surface area contributed by atoms with Gasteiger partial charge >= 0.3 is 6.18 Å². The predicted octanol–water partition coefficient (Wildman–Crippen LogP) is 2.58. The number of hydrogen-bond donors (Lipinski definition) is 2. The molecule has 2 rings (SSSR count). The van der Waals surface area contributed by atoms with E-state index in [0.717, 1.165) is 25.4 Å². The van der Waals surface area contributed by atoms with Crippen LogP contribution in [0.3, 0.4) is 0 Å². The van der Waals surface area contributed by atoms with Gasteiger partial charge in [0.1, 0.15) is 5.69 Å². The van der Waals surface area contributed by atoms with Gasteiger partial charge in [0.25, 0.3) is 0 Å². The lowest BCUT2D eigenvalue weighted by atomic mass is 10.2. The average Bonchev–Trinajstić information content (AvgIpc) is 3.19. The van der Waals surface area contributed by atoms with E-state index in [1.54, 1.807) is 0 Å². The van der Waals surface area contributed by atoms with Gasteiger partial charge in [-0.3, -0.25) is 4.90 Å². The summed E-state index contributed by atoms with van der Waals surface area (Å²) in [5, 5.41) is 2.97. The molecule has 1 heterocycles. The number of likely N-dealkylation sites (N-methyl/N-ethyl adjacent to an activating group) is 1. The van der Waals surface area contributed by atoms with Crippen LogP contribution in [0.2, 0.25) is 0 Å². The zero-order valence-electron chi connectivity index (χ0n) is 11.4. The highest BCUT2D eigenvalue weighted by atomic mass is 19.4. The minimum Gasteiger partial charge on any atom is -0.396 e. The lowest BCUT2D eigenvalue weighted by Crippen LogP contribution is -2.31. The maximum Gasteiger partial charge on any atom is 0.433 e. The smallest absolute Gasteiger partial charge is 0.396 e. The van der Waals surface area contributed by atoms with Crippen molar-refractivity contribution in [2.24, 2.45) is 0 Å². The van der Waals surface area contributed by atoms with Gasteiger partial charge in [-0.05, 0) is 25.5 Å². The number of alkyl halides is 3. The molecule has 0 unspecified atom stereocenters. The number of anilines is 2. The predicted molar refractivity (Wildman–Crippen MR) is 72.4 cm³/mol. The van der Waals surface area contributed by atoms with Gasteiger partial charge in [0, 0.05) is 19.1 Å². The molecule has 1 aromatic rings. The minimum absolute atomic E-state index is 0.229. The fraction of sp³-hybridized carbons (Fsp3) is 0.615. The quantitative estimate of drug-likeness (QED) is 0.845. The highest BCUT2D eigenvalue weighted by molar-refractivity contribution is 5.65. The van der Waals surface area contributed by atoms with Gasteiger partial charge in [-0.15, -0.1) is 0 Å². The number of nitrogens with zero attached hydrogens (tertiary/aromatic N) is 2. The van der Waals surface area contributed by atoms with Crippen LogP contribution < -0.4 is 11.1 Å². The van der Waals surface area contributed by atoms with Crippen molar-refractivity contribution >= 4 is 11.4 Å². The molecule has 0 saturated heterocycles. The number of aromatic nitrogens is 1. The zero-order chi connectivity index (χ0) is 14.8. The molecule has 3 N–H and O–H groups in total. The Bertz CT molecular complexity index is 457. The van der Waals surface area contributed by atoms with Crippen LogP contribution in [0.4, 0.5) is 24.5 Å². The molecular weight excluding hydrogens is 269 g/mol. The third-order valence-electron chi connectivity index (χ3n) is 3.41. The van der Waals surface area contributed by atoms with E-state index >= 15 is 0 Å². The summed E-state index contributed by atoms with van der Waals surface area (Å²) in [7, 11) is 0. The number of halogens is 3. The molecule has 1 aromatic heterocycles. The first-order valence-electron chi connectivity index (χ1n) is 6.72. The van der Waals surface area contributed by atoms with Gasteiger partial charge in [0.2, 0.25) is 0 Å². The van der Waals surface area contributed by atoms with Crippen LogP contribution in [0.25, 0.3) is 0 Å². The van der Waals surface area contributed by atoms with Crippen LogP contribution >= 0.6 is 0 Å². The molecule has 0 radical (unpaired) electrons. The van der Waals surface area contributed by atoms with Crippen molar-refractivity contribution in [1.29, 1.82) is 0 Å². The Kier molecular flexibility index (Phi) is 4.37. The second kappa shape index (κ2) is 5.87. The summed E-state index contributed by atoms with van der Waals surface area (Å²) in [6.07, 6.45) is -0.982. The Morgan fingerprint density at radius 1 is 1.45 bits per heavy atom. The molecule has 1 saturated carbocycles. The SMILES string of the molecule is CCN(CCNc1cc(C(F)(F)F)ncc1N)C1CC1. The van der Waals surface area contributed by atoms with Crippen LogP contribution in [0.1, 0.15) is 25.5 Å². The fourth-order valence-corrected chi connectivity index (χ4v) is 2.15. The Balaban J connectivity index is 1.94. The standard InChI is InChI=1S/C13H19F3N4/c1-2-20(9-3-4-9)6-5-18-11-7-12(13(14,15)16)19-8-10(11)17/h7-9H,2-6,17H2,1H3,(H,18,19). The van der Waals surface area contributed by atoms with Gasteiger partial charge in [-0.1, -0.05) is 6.92 Å². The van der Waals surface area contributed by atoms with Crippen molar-refractivity contribution in [2.75, 3.05) is 30.7 Å². The summed E-state index contributed by atoms with van der Waals surface area (Å²) in [6.45, 7) is 4.40. The van der Waals surface area contributed by atoms with E-state index in [0.29, 0.717) is 18.3 Å². The average molecular weight is 288 g/mol. The molecule has 7 heteroatoms. The molecule has 0 amide bonds. The van der Waals surface area contributed by atoms with Gasteiger partial charge in [-0.2, -0.15) is 13.2 Å². The summed E-state index contributed by atoms with van der Waals surface area (Å²) < 4.78 is 37.7. The van der Waals surface area contributed by atoms with E-state index in [-0.39, 0.29) is 5.69 Å². The molecule has 4 nitrogen and oxygen atoms in total. The summed E-state index contributed by atoms with van der Waals surface area (Å²) in [4.78, 5) is 5.62. The Morgan fingerprint density at radius 2 is 2.15 bits per heavy atom. The first kappa shape index (κ1) is 14.9. The molecule has 1 aliphatic rings. The molecular formula is C13H19F3N4. The number of hydrogen-bond acceptors (Lipinski definition) is 4. The van der Waals surface area contributed by atoms with Gasteiger partial charge in [-0.25, -0.2) is 4.98 Å². The molecule has 1 fully saturated rings. The van der Waals surface area contributed by atoms with Crippen LogP contribution in [0, 0.1) is 0 Å². The maximum absolute atomic E-state index is 12.6. The lowest BCUT2D eigenvalue weighted by molar-refractivity contribution is -0.141. The van der Waals surface area contributed by atoms with E-state index in [1.807, 2.05) is 0 Å². The zero-order valence-corrected chi connectivity index (χ0v) is 11.4. The number of nitrogens with one attached hydrogen (secondary N) is 1. The normalized spacial score (nSPS) is 15.7. The topological polar surface area (TPSA) is 54.2 Å². The summed E-state index contributed by atoms with van der Waals surface area (Å²) in [5.74, 6) is 0. The van der Waals surface area contributed by atoms with Crippen molar-refractivity contribution in [3.63, 3.8) is 0 Å². The number of nitrogens with two attached hydrogens (primary N) is 1. The van der Waals surface area contributed by atoms with Crippen molar-refractivity contribution in [3.05, 3.63) is 18.0 Å². The summed E-state index contributed by atoms with van der Waals surface area (Å²) in [5.41, 5.74) is 5.24. The first-order valence-corrected chi connectivity index (χ1v) is 6.72. The Morgan fingerprint density at radius 3 is 2.70 bits per heavy atom. The number of rotatable bonds is 6. The largest absolute Gasteiger partial charge is 0.433 e. The molecule has 0 aliphatic heterocycles. The van der Waals surface area contributed by atoms with Crippen LogP contribution in [-0.2, 0) is 6.18 Å². The molecule has 112 valence electrons. The third-order valence-corrected chi connectivity index (χ3v) is 3.41. The maximum atomic E-state index is 12.6. The van der Waals surface area contributed by atoms with Crippen molar-refractivity contribution in [3.8, 4) is 0 Å². The van der Waals surface area contributed by atoms with Crippen LogP contribution in [0.15, 0.2) is 12.3 Å². The second-order valence-corrected chi connectivity index (χ2v) is 4.94. The fourth-order valence-electron chi connectivity index (χ4n) is 2.15. The van der Waals surface area contributed by atoms with Gasteiger partial charge < -0.3 is 11.1 Å². The highest BCUT2D eigenvalue weighted by Gasteiger charge is 2.33. The second-order valence-electron chi connectivity index (χ2n) is 4.94. The molecule has 1 aliphatic carbocycles. The first-order chi connectivity index (χ1) is 9.41. The van der Waals surface area contributed by atoms with Crippen molar-refractivity contribution < 1.29 is 13.2 Å². The van der Waals surface area contributed by atoms with E-state index in [9.17, 15) is 13.2 Å². The molecule has 20 heavy (non-hydrogen) atoms. The lowest BCUT2D eigenvalue weighted by Gasteiger charge is -2.20. The molecule has 0 aromatic carbocycles. The monoisotopic (exact) mass is 288 g/mol. The molecule has 0 atom stereocenters. The van der Waals surface area contributed by atoms with Crippen LogP contribution in [0.5, 0.6) is 0 Å². The van der Waals surface area contributed by atoms with Gasteiger partial charge in [0.15, 0.2) is 0 Å². The summed E-state index contributed by atoms with van der Waals surface area (Å²) >= 11 is 0. The Hall–Kier alpha value is -1.50. The number of pyridine rings is 1. The van der Waals surface area contributed by atoms with E-state index in [1.165, 1.54) is 12.8 Å².